The number of guanidine groups is 1. The third-order valence-electron chi connectivity index (χ3n) is 3.64. The van der Waals surface area contributed by atoms with Crippen LogP contribution in [0.4, 0.5) is 5.82 Å². The molecule has 0 amide bonds. The molecule has 1 aromatic heterocycles. The summed E-state index contributed by atoms with van der Waals surface area (Å²) in [6.07, 6.45) is 1.84. The van der Waals surface area contributed by atoms with Gasteiger partial charge >= 0.3 is 0 Å². The maximum Gasteiger partial charge on any atom is 0.189 e. The van der Waals surface area contributed by atoms with Gasteiger partial charge in [0.1, 0.15) is 5.82 Å². The highest BCUT2D eigenvalue weighted by Crippen LogP contribution is 2.15. The zero-order valence-electron chi connectivity index (χ0n) is 13.5. The molecule has 1 fully saturated rings. The van der Waals surface area contributed by atoms with Crippen LogP contribution in [0.15, 0.2) is 35.5 Å². The molecule has 0 atom stereocenters. The van der Waals surface area contributed by atoms with Crippen molar-refractivity contribution in [3.8, 4) is 0 Å². The fourth-order valence-electron chi connectivity index (χ4n) is 2.24. The molecular weight excluding hydrogens is 276 g/mol. The first-order valence-corrected chi connectivity index (χ1v) is 7.61. The molecular formula is C16H26N6. The molecule has 2 rings (SSSR count). The van der Waals surface area contributed by atoms with Crippen LogP contribution < -0.4 is 16.0 Å². The third kappa shape index (κ3) is 5.04. The number of likely N-dealkylation sites (N-methyl/N-ethyl adjacent to an activating group) is 1. The zero-order valence-corrected chi connectivity index (χ0v) is 13.5. The monoisotopic (exact) mass is 302 g/mol. The molecule has 0 spiro atoms. The second-order valence-corrected chi connectivity index (χ2v) is 5.82. The van der Waals surface area contributed by atoms with E-state index < -0.39 is 0 Å². The number of aromatic nitrogens is 1. The van der Waals surface area contributed by atoms with Crippen molar-refractivity contribution in [2.75, 3.05) is 44.7 Å². The molecule has 6 nitrogen and oxygen atoms in total. The van der Waals surface area contributed by atoms with Crippen LogP contribution in [0.25, 0.3) is 0 Å². The van der Waals surface area contributed by atoms with E-state index in [1.54, 1.807) is 0 Å². The Labute approximate surface area is 132 Å². The number of aliphatic imine (C=N–C) groups is 1. The maximum atomic E-state index is 5.83. The summed E-state index contributed by atoms with van der Waals surface area (Å²) in [4.78, 5) is 13.5. The first-order valence-electron chi connectivity index (χ1n) is 7.61. The van der Waals surface area contributed by atoms with Crippen molar-refractivity contribution in [3.63, 3.8) is 0 Å². The Balaban J connectivity index is 1.93. The quantitative estimate of drug-likeness (QED) is 0.479. The van der Waals surface area contributed by atoms with Crippen molar-refractivity contribution in [3.05, 3.63) is 36.0 Å². The Morgan fingerprint density at radius 1 is 1.41 bits per heavy atom. The summed E-state index contributed by atoms with van der Waals surface area (Å²) in [6.45, 7) is 11.1. The molecule has 1 aromatic rings. The predicted molar refractivity (Wildman–Crippen MR) is 92.1 cm³/mol. The van der Waals surface area contributed by atoms with E-state index in [2.05, 4.69) is 44.8 Å². The van der Waals surface area contributed by atoms with E-state index in [9.17, 15) is 0 Å². The lowest BCUT2D eigenvalue weighted by Crippen LogP contribution is -2.44. The second kappa shape index (κ2) is 7.79. The summed E-state index contributed by atoms with van der Waals surface area (Å²) in [7, 11) is 2.15. The Morgan fingerprint density at radius 3 is 2.82 bits per heavy atom. The van der Waals surface area contributed by atoms with Gasteiger partial charge in [-0.1, -0.05) is 12.2 Å². The van der Waals surface area contributed by atoms with Gasteiger partial charge in [0.25, 0.3) is 0 Å². The van der Waals surface area contributed by atoms with Gasteiger partial charge in [-0.15, -0.1) is 0 Å². The minimum Gasteiger partial charge on any atom is -0.370 e. The van der Waals surface area contributed by atoms with E-state index in [1.807, 2.05) is 19.2 Å². The van der Waals surface area contributed by atoms with Gasteiger partial charge in [-0.25, -0.2) is 9.98 Å². The number of anilines is 1. The van der Waals surface area contributed by atoms with Crippen LogP contribution in [-0.2, 0) is 6.54 Å². The van der Waals surface area contributed by atoms with Gasteiger partial charge in [0.05, 0.1) is 6.54 Å². The Hall–Kier alpha value is -2.08. The highest BCUT2D eigenvalue weighted by Gasteiger charge is 2.15. The Kier molecular flexibility index (Phi) is 5.77. The van der Waals surface area contributed by atoms with Gasteiger partial charge < -0.3 is 20.9 Å². The number of pyridine rings is 1. The number of nitrogens with two attached hydrogens (primary N) is 1. The Bertz CT molecular complexity index is 531. The molecule has 0 bridgehead atoms. The van der Waals surface area contributed by atoms with Crippen LogP contribution in [0.3, 0.4) is 0 Å². The van der Waals surface area contributed by atoms with E-state index >= 15 is 0 Å². The molecule has 6 heteroatoms. The summed E-state index contributed by atoms with van der Waals surface area (Å²) in [5.74, 6) is 1.47. The maximum absolute atomic E-state index is 5.83. The van der Waals surface area contributed by atoms with Gasteiger partial charge in [0.15, 0.2) is 5.96 Å². The van der Waals surface area contributed by atoms with Crippen molar-refractivity contribution >= 4 is 11.8 Å². The summed E-state index contributed by atoms with van der Waals surface area (Å²) >= 11 is 0. The third-order valence-corrected chi connectivity index (χ3v) is 3.64. The predicted octanol–water partition coefficient (Wildman–Crippen LogP) is 0.814. The highest BCUT2D eigenvalue weighted by atomic mass is 15.3. The summed E-state index contributed by atoms with van der Waals surface area (Å²) in [5.41, 5.74) is 7.97. The minimum atomic E-state index is 0.445. The van der Waals surface area contributed by atoms with Crippen LogP contribution in [0, 0.1) is 0 Å². The second-order valence-electron chi connectivity index (χ2n) is 5.82. The van der Waals surface area contributed by atoms with Gasteiger partial charge in [0.2, 0.25) is 0 Å². The van der Waals surface area contributed by atoms with Crippen LogP contribution in [0.5, 0.6) is 0 Å². The number of hydrogen-bond acceptors (Lipinski definition) is 4. The van der Waals surface area contributed by atoms with Crippen molar-refractivity contribution in [1.82, 2.24) is 15.2 Å². The topological polar surface area (TPSA) is 69.8 Å². The van der Waals surface area contributed by atoms with Crippen molar-refractivity contribution in [2.24, 2.45) is 10.7 Å². The van der Waals surface area contributed by atoms with Crippen LogP contribution in [0.1, 0.15) is 12.5 Å². The molecule has 2 heterocycles. The van der Waals surface area contributed by atoms with Crippen LogP contribution in [-0.4, -0.2) is 55.6 Å². The normalized spacial score (nSPS) is 16.6. The van der Waals surface area contributed by atoms with E-state index in [1.165, 1.54) is 0 Å². The molecule has 0 radical (unpaired) electrons. The summed E-state index contributed by atoms with van der Waals surface area (Å²) in [5, 5.41) is 3.03. The molecule has 0 aliphatic carbocycles. The average molecular weight is 302 g/mol. The summed E-state index contributed by atoms with van der Waals surface area (Å²) in [6, 6.07) is 4.08. The molecule has 3 N–H and O–H groups in total. The first-order chi connectivity index (χ1) is 10.5. The number of nitrogens with zero attached hydrogens (tertiary/aromatic N) is 4. The van der Waals surface area contributed by atoms with Crippen molar-refractivity contribution in [1.29, 1.82) is 0 Å². The molecule has 0 aromatic carbocycles. The molecule has 120 valence electrons. The lowest BCUT2D eigenvalue weighted by atomic mass is 10.2. The molecule has 1 aliphatic heterocycles. The van der Waals surface area contributed by atoms with Gasteiger partial charge in [-0.2, -0.15) is 0 Å². The van der Waals surface area contributed by atoms with E-state index in [-0.39, 0.29) is 0 Å². The van der Waals surface area contributed by atoms with Crippen LogP contribution in [0.2, 0.25) is 0 Å². The smallest absolute Gasteiger partial charge is 0.189 e. The fraction of sp³-hybridized carbons (Fsp3) is 0.500. The highest BCUT2D eigenvalue weighted by molar-refractivity contribution is 5.78. The fourth-order valence-corrected chi connectivity index (χ4v) is 2.24. The Morgan fingerprint density at radius 2 is 2.14 bits per heavy atom. The van der Waals surface area contributed by atoms with E-state index in [0.717, 1.165) is 43.1 Å². The lowest BCUT2D eigenvalue weighted by Gasteiger charge is -2.33. The molecule has 1 aliphatic rings. The van der Waals surface area contributed by atoms with Gasteiger partial charge in [-0.05, 0) is 31.7 Å². The standard InChI is InChI=1S/C16H26N6/c1-13(2)11-19-16(17)20-12-14-4-5-18-15(10-14)22-8-6-21(3)7-9-22/h4-5,10H,1,6-9,11-12H2,2-3H3,(H3,17,19,20). The zero-order chi connectivity index (χ0) is 15.9. The molecule has 0 saturated carbocycles. The molecule has 0 unspecified atom stereocenters. The largest absolute Gasteiger partial charge is 0.370 e. The van der Waals surface area contributed by atoms with E-state index in [4.69, 9.17) is 5.73 Å². The first kappa shape index (κ1) is 16.3. The minimum absolute atomic E-state index is 0.445. The van der Waals surface area contributed by atoms with Gasteiger partial charge in [-0.3, -0.25) is 0 Å². The number of rotatable bonds is 5. The molecule has 22 heavy (non-hydrogen) atoms. The van der Waals surface area contributed by atoms with E-state index in [0.29, 0.717) is 19.0 Å². The average Bonchev–Trinajstić information content (AvgIpc) is 2.52. The van der Waals surface area contributed by atoms with Crippen molar-refractivity contribution < 1.29 is 0 Å². The summed E-state index contributed by atoms with van der Waals surface area (Å²) < 4.78 is 0. The number of hydrogen-bond donors (Lipinski definition) is 2. The number of piperazine rings is 1. The lowest BCUT2D eigenvalue weighted by molar-refractivity contribution is 0.312. The SMILES string of the molecule is C=C(C)CNC(N)=NCc1ccnc(N2CCN(C)CC2)c1. The van der Waals surface area contributed by atoms with Crippen molar-refractivity contribution in [2.45, 2.75) is 13.5 Å². The van der Waals surface area contributed by atoms with Gasteiger partial charge in [0, 0.05) is 38.9 Å². The molecule has 1 saturated heterocycles. The number of nitrogens with one attached hydrogen (secondary N) is 1. The van der Waals surface area contributed by atoms with Crippen LogP contribution >= 0.6 is 0 Å².